The summed E-state index contributed by atoms with van der Waals surface area (Å²) in [5, 5.41) is 0. The van der Waals surface area contributed by atoms with E-state index in [1.807, 2.05) is 12.2 Å². The van der Waals surface area contributed by atoms with Crippen molar-refractivity contribution in [3.63, 3.8) is 0 Å². The summed E-state index contributed by atoms with van der Waals surface area (Å²) in [6.07, 6.45) is 14.7. The van der Waals surface area contributed by atoms with Crippen molar-refractivity contribution >= 4 is 35.0 Å². The maximum Gasteiger partial charge on any atom is 0.238 e. The van der Waals surface area contributed by atoms with Crippen LogP contribution in [-0.4, -0.2) is 23.6 Å². The van der Waals surface area contributed by atoms with Gasteiger partial charge in [-0.15, -0.1) is 12.8 Å². The van der Waals surface area contributed by atoms with Crippen molar-refractivity contribution in [3.8, 4) is 24.7 Å². The lowest BCUT2D eigenvalue weighted by Gasteiger charge is -2.44. The first-order valence-electron chi connectivity index (χ1n) is 11.0. The standard InChI is InChI=1S/C28H18N2O4/c1-3-15-7-5-9-17(13-15)29-25(31)21-19-11-12-20(22(21)26(29)32)24-23(19)27(33)30(28(24)34)18-10-6-8-16(4-2)14-18/h1-2,5-14,19-24H. The van der Waals surface area contributed by atoms with Crippen LogP contribution in [-0.2, 0) is 19.2 Å². The molecule has 2 saturated heterocycles. The zero-order chi connectivity index (χ0) is 23.7. The zero-order valence-electron chi connectivity index (χ0n) is 17.9. The molecule has 4 unspecified atom stereocenters. The van der Waals surface area contributed by atoms with E-state index in [-0.39, 0.29) is 23.6 Å². The maximum absolute atomic E-state index is 13.5. The monoisotopic (exact) mass is 446 g/mol. The number of amides is 4. The second-order valence-corrected chi connectivity index (χ2v) is 9.06. The first-order chi connectivity index (χ1) is 16.5. The molecular formula is C28H18N2O4. The van der Waals surface area contributed by atoms with Gasteiger partial charge in [0.1, 0.15) is 0 Å². The largest absolute Gasteiger partial charge is 0.274 e. The van der Waals surface area contributed by atoms with Gasteiger partial charge in [-0.2, -0.15) is 0 Å². The zero-order valence-corrected chi connectivity index (χ0v) is 17.9. The quantitative estimate of drug-likeness (QED) is 0.403. The van der Waals surface area contributed by atoms with Crippen LogP contribution in [0.3, 0.4) is 0 Å². The van der Waals surface area contributed by atoms with Gasteiger partial charge in [0.2, 0.25) is 23.6 Å². The highest BCUT2D eigenvalue weighted by Gasteiger charge is 2.68. The van der Waals surface area contributed by atoms with Gasteiger partial charge >= 0.3 is 0 Å². The molecule has 2 aromatic rings. The van der Waals surface area contributed by atoms with Crippen molar-refractivity contribution in [1.29, 1.82) is 0 Å². The van der Waals surface area contributed by atoms with Crippen LogP contribution >= 0.6 is 0 Å². The smallest absolute Gasteiger partial charge is 0.238 e. The van der Waals surface area contributed by atoms with Crippen molar-refractivity contribution in [2.75, 3.05) is 9.80 Å². The number of carbonyl (C=O) groups is 4. The summed E-state index contributed by atoms with van der Waals surface area (Å²) in [6, 6.07) is 13.4. The van der Waals surface area contributed by atoms with Crippen LogP contribution in [0.5, 0.6) is 0 Å². The number of anilines is 2. The Morgan fingerprint density at radius 3 is 1.26 bits per heavy atom. The Labute approximate surface area is 196 Å². The molecule has 0 spiro atoms. The second kappa shape index (κ2) is 7.04. The molecule has 0 aromatic heterocycles. The minimum absolute atomic E-state index is 0.352. The molecule has 2 bridgehead atoms. The molecule has 0 radical (unpaired) electrons. The Morgan fingerprint density at radius 1 is 0.588 bits per heavy atom. The predicted octanol–water partition coefficient (Wildman–Crippen LogP) is 2.38. The van der Waals surface area contributed by atoms with Gasteiger partial charge in [0.25, 0.3) is 0 Å². The molecule has 3 fully saturated rings. The molecule has 4 atom stereocenters. The van der Waals surface area contributed by atoms with Crippen LogP contribution in [0, 0.1) is 60.2 Å². The van der Waals surface area contributed by atoms with Gasteiger partial charge in [-0.1, -0.05) is 36.1 Å². The number of nitrogens with zero attached hydrogens (tertiary/aromatic N) is 2. The van der Waals surface area contributed by atoms with Crippen molar-refractivity contribution < 1.29 is 19.2 Å². The van der Waals surface area contributed by atoms with E-state index in [2.05, 4.69) is 11.8 Å². The first kappa shape index (κ1) is 20.2. The Hall–Kier alpha value is -4.42. The van der Waals surface area contributed by atoms with E-state index in [1.165, 1.54) is 9.80 Å². The minimum Gasteiger partial charge on any atom is -0.274 e. The topological polar surface area (TPSA) is 74.8 Å². The number of carbonyl (C=O) groups excluding carboxylic acids is 4. The summed E-state index contributed by atoms with van der Waals surface area (Å²) in [4.78, 5) is 56.5. The third kappa shape index (κ3) is 2.48. The number of imide groups is 2. The maximum atomic E-state index is 13.5. The lowest BCUT2D eigenvalue weighted by atomic mass is 9.54. The third-order valence-corrected chi connectivity index (χ3v) is 7.55. The van der Waals surface area contributed by atoms with E-state index in [9.17, 15) is 19.2 Å². The summed E-state index contributed by atoms with van der Waals surface area (Å²) < 4.78 is 0. The van der Waals surface area contributed by atoms with Crippen molar-refractivity contribution in [2.24, 2.45) is 35.5 Å². The van der Waals surface area contributed by atoms with Crippen molar-refractivity contribution in [3.05, 3.63) is 71.8 Å². The fourth-order valence-corrected chi connectivity index (χ4v) is 6.20. The average Bonchev–Trinajstić information content (AvgIpc) is 3.31. The van der Waals surface area contributed by atoms with E-state index in [1.54, 1.807) is 48.5 Å². The van der Waals surface area contributed by atoms with Crippen LogP contribution in [0.2, 0.25) is 0 Å². The number of terminal acetylenes is 2. The van der Waals surface area contributed by atoms with Gasteiger partial charge in [0, 0.05) is 23.0 Å². The Kier molecular flexibility index (Phi) is 4.18. The number of hydrogen-bond acceptors (Lipinski definition) is 4. The molecule has 1 saturated carbocycles. The normalized spacial score (nSPS) is 30.9. The Bertz CT molecular complexity index is 1270. The number of allylic oxidation sites excluding steroid dienone is 2. The number of hydrogen-bond donors (Lipinski definition) is 0. The lowest BCUT2D eigenvalue weighted by Crippen LogP contribution is -2.50. The van der Waals surface area contributed by atoms with E-state index in [0.29, 0.717) is 22.5 Å². The molecule has 6 nitrogen and oxygen atoms in total. The average molecular weight is 446 g/mol. The Balaban J connectivity index is 1.40. The molecular weight excluding hydrogens is 428 g/mol. The summed E-state index contributed by atoms with van der Waals surface area (Å²) in [5.41, 5.74) is 1.94. The molecule has 3 aliphatic carbocycles. The molecule has 4 amide bonds. The molecule has 2 aromatic carbocycles. The van der Waals surface area contributed by atoms with E-state index >= 15 is 0 Å². The second-order valence-electron chi connectivity index (χ2n) is 9.06. The molecule has 34 heavy (non-hydrogen) atoms. The van der Waals surface area contributed by atoms with Gasteiger partial charge < -0.3 is 0 Å². The first-order valence-corrected chi connectivity index (χ1v) is 11.0. The van der Waals surface area contributed by atoms with Crippen molar-refractivity contribution in [2.45, 2.75) is 0 Å². The summed E-state index contributed by atoms with van der Waals surface area (Å²) in [6.45, 7) is 0. The van der Waals surface area contributed by atoms with E-state index in [0.717, 1.165) is 0 Å². The van der Waals surface area contributed by atoms with Crippen LogP contribution in [0.15, 0.2) is 60.7 Å². The molecule has 5 aliphatic rings. The van der Waals surface area contributed by atoms with Crippen LogP contribution in [0.4, 0.5) is 11.4 Å². The lowest BCUT2D eigenvalue weighted by molar-refractivity contribution is -0.137. The molecule has 7 rings (SSSR count). The minimum atomic E-state index is -0.688. The highest BCUT2D eigenvalue weighted by molar-refractivity contribution is 6.26. The third-order valence-electron chi connectivity index (χ3n) is 7.55. The fraction of sp³-hybridized carbons (Fsp3) is 0.214. The highest BCUT2D eigenvalue weighted by atomic mass is 16.2. The fourth-order valence-electron chi connectivity index (χ4n) is 6.20. The molecule has 2 aliphatic heterocycles. The molecule has 6 heteroatoms. The van der Waals surface area contributed by atoms with Gasteiger partial charge in [0.15, 0.2) is 0 Å². The number of rotatable bonds is 2. The molecule has 0 N–H and O–H groups in total. The summed E-state index contributed by atoms with van der Waals surface area (Å²) in [7, 11) is 0. The highest BCUT2D eigenvalue weighted by Crippen LogP contribution is 2.58. The van der Waals surface area contributed by atoms with Crippen LogP contribution < -0.4 is 9.80 Å². The van der Waals surface area contributed by atoms with E-state index in [4.69, 9.17) is 12.8 Å². The van der Waals surface area contributed by atoms with Crippen LogP contribution in [0.1, 0.15) is 11.1 Å². The Morgan fingerprint density at radius 2 is 0.941 bits per heavy atom. The van der Waals surface area contributed by atoms with Gasteiger partial charge in [0.05, 0.1) is 35.0 Å². The predicted molar refractivity (Wildman–Crippen MR) is 124 cm³/mol. The van der Waals surface area contributed by atoms with Gasteiger partial charge in [-0.05, 0) is 36.4 Å². The summed E-state index contributed by atoms with van der Waals surface area (Å²) >= 11 is 0. The molecule has 2 heterocycles. The van der Waals surface area contributed by atoms with Crippen molar-refractivity contribution in [1.82, 2.24) is 0 Å². The van der Waals surface area contributed by atoms with Gasteiger partial charge in [-0.3, -0.25) is 19.2 Å². The number of benzene rings is 2. The molecule has 164 valence electrons. The van der Waals surface area contributed by atoms with Gasteiger partial charge in [-0.25, -0.2) is 9.80 Å². The van der Waals surface area contributed by atoms with E-state index < -0.39 is 35.5 Å². The SMILES string of the molecule is C#Cc1cccc(N2C(=O)C3C4C=CC(C3C2=O)C2C(=O)N(c3cccc(C#C)c3)C(=O)C42)c1. The van der Waals surface area contributed by atoms with Crippen LogP contribution in [0.25, 0.3) is 0 Å². The summed E-state index contributed by atoms with van der Waals surface area (Å²) in [5.74, 6) is -0.191.